The summed E-state index contributed by atoms with van der Waals surface area (Å²) < 4.78 is 5.03. The largest absolute Gasteiger partial charge is 0.481 e. The maximum atomic E-state index is 11.9. The van der Waals surface area contributed by atoms with Crippen molar-refractivity contribution in [3.63, 3.8) is 0 Å². The van der Waals surface area contributed by atoms with Crippen LogP contribution in [0.4, 0.5) is 0 Å². The highest BCUT2D eigenvalue weighted by Crippen LogP contribution is 2.18. The number of carboxylic acid groups (broad SMARTS) is 1. The van der Waals surface area contributed by atoms with Gasteiger partial charge in [-0.1, -0.05) is 134 Å². The van der Waals surface area contributed by atoms with Crippen molar-refractivity contribution in [3.8, 4) is 0 Å². The Morgan fingerprint density at radius 3 is 1.57 bits per heavy atom. The van der Waals surface area contributed by atoms with E-state index in [1.54, 1.807) is 0 Å². The van der Waals surface area contributed by atoms with Crippen LogP contribution in [0.25, 0.3) is 0 Å². The third-order valence-electron chi connectivity index (χ3n) is 6.66. The van der Waals surface area contributed by atoms with Crippen molar-refractivity contribution in [2.75, 3.05) is 6.61 Å². The minimum absolute atomic E-state index is 0.141. The van der Waals surface area contributed by atoms with E-state index in [4.69, 9.17) is 9.84 Å². The SMILES string of the molecule is C=CCOC(=O)C(CCCCCCC/C=C/CCCCCCCCCCCCCCC)CC(=O)O. The van der Waals surface area contributed by atoms with Crippen molar-refractivity contribution in [2.45, 2.75) is 148 Å². The van der Waals surface area contributed by atoms with E-state index in [9.17, 15) is 9.59 Å². The summed E-state index contributed by atoms with van der Waals surface area (Å²) in [6.45, 7) is 5.94. The van der Waals surface area contributed by atoms with Crippen molar-refractivity contribution in [3.05, 3.63) is 24.8 Å². The van der Waals surface area contributed by atoms with Gasteiger partial charge in [-0.3, -0.25) is 9.59 Å². The Kier molecular flexibility index (Phi) is 25.8. The Hall–Kier alpha value is -1.58. The molecule has 0 spiro atoms. The van der Waals surface area contributed by atoms with Gasteiger partial charge in [0.25, 0.3) is 0 Å². The molecule has 0 aliphatic carbocycles. The first-order chi connectivity index (χ1) is 17.1. The lowest BCUT2D eigenvalue weighted by molar-refractivity contribution is -0.152. The average molecular weight is 493 g/mol. The smallest absolute Gasteiger partial charge is 0.309 e. The van der Waals surface area contributed by atoms with Gasteiger partial charge in [0.2, 0.25) is 0 Å². The molecule has 0 saturated heterocycles. The zero-order valence-electron chi connectivity index (χ0n) is 23.0. The van der Waals surface area contributed by atoms with E-state index in [0.717, 1.165) is 25.7 Å². The van der Waals surface area contributed by atoms with Crippen LogP contribution in [0.5, 0.6) is 0 Å². The molecular weight excluding hydrogens is 436 g/mol. The van der Waals surface area contributed by atoms with E-state index in [1.807, 2.05) is 0 Å². The lowest BCUT2D eigenvalue weighted by atomic mass is 9.97. The van der Waals surface area contributed by atoms with E-state index in [1.165, 1.54) is 109 Å². The third kappa shape index (κ3) is 25.3. The fourth-order valence-electron chi connectivity index (χ4n) is 4.47. The number of ether oxygens (including phenoxy) is 1. The summed E-state index contributed by atoms with van der Waals surface area (Å²) in [6.07, 6.45) is 32.7. The van der Waals surface area contributed by atoms with E-state index < -0.39 is 17.9 Å². The quantitative estimate of drug-likeness (QED) is 0.0704. The number of allylic oxidation sites excluding steroid dienone is 2. The van der Waals surface area contributed by atoms with Crippen molar-refractivity contribution in [1.82, 2.24) is 0 Å². The van der Waals surface area contributed by atoms with Crippen LogP contribution >= 0.6 is 0 Å². The second kappa shape index (κ2) is 27.0. The lowest BCUT2D eigenvalue weighted by Crippen LogP contribution is -2.21. The molecule has 0 aromatic heterocycles. The van der Waals surface area contributed by atoms with E-state index >= 15 is 0 Å². The molecule has 0 aromatic rings. The second-order valence-corrected chi connectivity index (χ2v) is 10.1. The zero-order chi connectivity index (χ0) is 25.8. The predicted molar refractivity (Wildman–Crippen MR) is 149 cm³/mol. The van der Waals surface area contributed by atoms with Crippen LogP contribution in [-0.2, 0) is 14.3 Å². The Morgan fingerprint density at radius 2 is 1.14 bits per heavy atom. The van der Waals surface area contributed by atoms with Crippen molar-refractivity contribution in [2.24, 2.45) is 5.92 Å². The van der Waals surface area contributed by atoms with E-state index in [-0.39, 0.29) is 13.0 Å². The highest BCUT2D eigenvalue weighted by molar-refractivity contribution is 5.79. The summed E-state index contributed by atoms with van der Waals surface area (Å²) in [7, 11) is 0. The van der Waals surface area contributed by atoms with E-state index in [2.05, 4.69) is 25.7 Å². The van der Waals surface area contributed by atoms with Crippen LogP contribution in [0.15, 0.2) is 24.8 Å². The van der Waals surface area contributed by atoms with Crippen LogP contribution in [-0.4, -0.2) is 23.7 Å². The van der Waals surface area contributed by atoms with Gasteiger partial charge in [0, 0.05) is 0 Å². The van der Waals surface area contributed by atoms with Gasteiger partial charge in [-0.2, -0.15) is 0 Å². The molecule has 1 unspecified atom stereocenters. The van der Waals surface area contributed by atoms with Crippen molar-refractivity contribution >= 4 is 11.9 Å². The number of hydrogen-bond donors (Lipinski definition) is 1. The number of unbranched alkanes of at least 4 members (excludes halogenated alkanes) is 18. The van der Waals surface area contributed by atoms with Crippen molar-refractivity contribution < 1.29 is 19.4 Å². The number of rotatable bonds is 27. The molecule has 1 N–H and O–H groups in total. The first-order valence-corrected chi connectivity index (χ1v) is 14.8. The Bertz CT molecular complexity index is 526. The molecule has 4 heteroatoms. The van der Waals surface area contributed by atoms with Gasteiger partial charge in [-0.25, -0.2) is 0 Å². The fourth-order valence-corrected chi connectivity index (χ4v) is 4.47. The lowest BCUT2D eigenvalue weighted by Gasteiger charge is -2.13. The van der Waals surface area contributed by atoms with Gasteiger partial charge < -0.3 is 9.84 Å². The van der Waals surface area contributed by atoms with Gasteiger partial charge in [0.05, 0.1) is 12.3 Å². The average Bonchev–Trinajstić information content (AvgIpc) is 2.84. The first kappa shape index (κ1) is 33.4. The van der Waals surface area contributed by atoms with Gasteiger partial charge in [-0.05, 0) is 32.1 Å². The second-order valence-electron chi connectivity index (χ2n) is 10.1. The minimum Gasteiger partial charge on any atom is -0.481 e. The first-order valence-electron chi connectivity index (χ1n) is 14.8. The predicted octanol–water partition coefficient (Wildman–Crippen LogP) is 9.57. The molecule has 0 amide bonds. The number of carbonyl (C=O) groups excluding carboxylic acids is 1. The molecule has 204 valence electrons. The van der Waals surface area contributed by atoms with Crippen LogP contribution in [0.2, 0.25) is 0 Å². The minimum atomic E-state index is -0.948. The van der Waals surface area contributed by atoms with Crippen LogP contribution in [0.1, 0.15) is 148 Å². The number of aliphatic carboxylic acids is 1. The molecule has 0 aliphatic rings. The summed E-state index contributed by atoms with van der Waals surface area (Å²) in [6, 6.07) is 0. The molecule has 4 nitrogen and oxygen atoms in total. The molecule has 0 radical (unpaired) electrons. The Morgan fingerprint density at radius 1 is 0.714 bits per heavy atom. The number of carboxylic acids is 1. The van der Waals surface area contributed by atoms with Gasteiger partial charge in [-0.15, -0.1) is 0 Å². The summed E-state index contributed by atoms with van der Waals surface area (Å²) in [5.74, 6) is -1.91. The summed E-state index contributed by atoms with van der Waals surface area (Å²) in [5, 5.41) is 9.00. The normalized spacial score (nSPS) is 12.1. The Labute approximate surface area is 217 Å². The topological polar surface area (TPSA) is 63.6 Å². The molecule has 0 bridgehead atoms. The summed E-state index contributed by atoms with van der Waals surface area (Å²) in [4.78, 5) is 22.9. The van der Waals surface area contributed by atoms with Crippen molar-refractivity contribution in [1.29, 1.82) is 0 Å². The molecule has 0 heterocycles. The molecule has 35 heavy (non-hydrogen) atoms. The Balaban J connectivity index is 3.44. The molecule has 1 atom stereocenters. The molecule has 0 rings (SSSR count). The molecular formula is C31H56O4. The third-order valence-corrected chi connectivity index (χ3v) is 6.66. The van der Waals surface area contributed by atoms with Gasteiger partial charge >= 0.3 is 11.9 Å². The molecule has 0 saturated carbocycles. The van der Waals surface area contributed by atoms with Gasteiger partial charge in [0.1, 0.15) is 6.61 Å². The van der Waals surface area contributed by atoms with Crippen LogP contribution < -0.4 is 0 Å². The number of hydrogen-bond acceptors (Lipinski definition) is 3. The highest BCUT2D eigenvalue weighted by Gasteiger charge is 2.22. The fraction of sp³-hybridized carbons (Fsp3) is 0.806. The van der Waals surface area contributed by atoms with Crippen LogP contribution in [0.3, 0.4) is 0 Å². The monoisotopic (exact) mass is 492 g/mol. The molecule has 0 aliphatic heterocycles. The maximum absolute atomic E-state index is 11.9. The van der Waals surface area contributed by atoms with Gasteiger partial charge in [0.15, 0.2) is 0 Å². The highest BCUT2D eigenvalue weighted by atomic mass is 16.5. The maximum Gasteiger partial charge on any atom is 0.309 e. The standard InChI is InChI=1S/C31H56O4/c1-3-5-6-7-8-9-10-11-12-13-14-15-16-17-18-19-20-21-22-23-24-25-26-29(28-30(32)33)31(34)35-27-4-2/h4,18-19,29H,2-3,5-17,20-28H2,1H3,(H,32,33)/b19-18+. The number of carbonyl (C=O) groups is 2. The number of esters is 1. The summed E-state index contributed by atoms with van der Waals surface area (Å²) >= 11 is 0. The summed E-state index contributed by atoms with van der Waals surface area (Å²) in [5.41, 5.74) is 0. The van der Waals surface area contributed by atoms with E-state index in [0.29, 0.717) is 6.42 Å². The zero-order valence-corrected chi connectivity index (χ0v) is 23.0. The van der Waals surface area contributed by atoms with Crippen LogP contribution in [0, 0.1) is 5.92 Å². The molecule has 0 aromatic carbocycles. The molecule has 0 fully saturated rings.